The molecule has 0 radical (unpaired) electrons. The van der Waals surface area contributed by atoms with Crippen LogP contribution in [-0.2, 0) is 16.6 Å². The van der Waals surface area contributed by atoms with Gasteiger partial charge in [0.25, 0.3) is 0 Å². The fraction of sp³-hybridized carbons (Fsp3) is 0.286. The number of aromatic nitrogens is 3. The number of imidazole rings is 1. The van der Waals surface area contributed by atoms with E-state index in [9.17, 15) is 12.8 Å². The van der Waals surface area contributed by atoms with E-state index in [1.54, 1.807) is 6.07 Å². The van der Waals surface area contributed by atoms with Crippen LogP contribution in [0.1, 0.15) is 5.82 Å². The second-order valence-corrected chi connectivity index (χ2v) is 9.73. The summed E-state index contributed by atoms with van der Waals surface area (Å²) in [6.45, 7) is 3.02. The molecule has 0 unspecified atom stereocenters. The van der Waals surface area contributed by atoms with Crippen LogP contribution in [0.4, 0.5) is 4.39 Å². The number of aromatic amines is 2. The monoisotopic (exact) mass is 427 g/mol. The van der Waals surface area contributed by atoms with E-state index in [2.05, 4.69) is 25.9 Å². The number of hydrogen-bond acceptors (Lipinski definition) is 4. The lowest BCUT2D eigenvalue weighted by Gasteiger charge is -2.32. The standard InChI is InChI=1S/C21H22FN5O2S/c1-30(28,29)27-8-6-26(7-9-27)13-21-24-18-5-2-14(10-20(18)25-21)17-12-23-19-11-15(22)3-4-16(17)19/h2-5,10-12,23H,6-9,13H2,1H3,(H,24,25). The highest BCUT2D eigenvalue weighted by molar-refractivity contribution is 7.88. The molecule has 0 aliphatic carbocycles. The molecule has 0 saturated carbocycles. The van der Waals surface area contributed by atoms with Crippen LogP contribution in [0.5, 0.6) is 0 Å². The van der Waals surface area contributed by atoms with Gasteiger partial charge in [0, 0.05) is 48.8 Å². The third-order valence-electron chi connectivity index (χ3n) is 5.66. The average Bonchev–Trinajstić information content (AvgIpc) is 3.30. The van der Waals surface area contributed by atoms with Crippen molar-refractivity contribution < 1.29 is 12.8 Å². The van der Waals surface area contributed by atoms with Gasteiger partial charge in [-0.2, -0.15) is 4.31 Å². The number of benzene rings is 2. The van der Waals surface area contributed by atoms with Gasteiger partial charge < -0.3 is 9.97 Å². The summed E-state index contributed by atoms with van der Waals surface area (Å²) in [5.74, 6) is 0.595. The van der Waals surface area contributed by atoms with Crippen LogP contribution >= 0.6 is 0 Å². The molecule has 1 aliphatic heterocycles. The van der Waals surface area contributed by atoms with Crippen molar-refractivity contribution in [3.05, 3.63) is 54.2 Å². The molecule has 0 atom stereocenters. The van der Waals surface area contributed by atoms with E-state index in [4.69, 9.17) is 0 Å². The molecular formula is C21H22FN5O2S. The first-order chi connectivity index (χ1) is 14.4. The van der Waals surface area contributed by atoms with E-state index in [-0.39, 0.29) is 5.82 Å². The molecule has 1 aliphatic rings. The van der Waals surface area contributed by atoms with Crippen LogP contribution < -0.4 is 0 Å². The molecule has 0 bridgehead atoms. The summed E-state index contributed by atoms with van der Waals surface area (Å²) in [6, 6.07) is 10.8. The lowest BCUT2D eigenvalue weighted by molar-refractivity contribution is 0.179. The number of nitrogens with zero attached hydrogens (tertiary/aromatic N) is 3. The third kappa shape index (κ3) is 3.60. The summed E-state index contributed by atoms with van der Waals surface area (Å²) in [5.41, 5.74) is 4.63. The van der Waals surface area contributed by atoms with Crippen LogP contribution in [-0.4, -0.2) is 65.0 Å². The Labute approximate surface area is 173 Å². The number of hydrogen-bond donors (Lipinski definition) is 2. The molecule has 2 aromatic heterocycles. The minimum Gasteiger partial charge on any atom is -0.360 e. The predicted molar refractivity (Wildman–Crippen MR) is 115 cm³/mol. The minimum atomic E-state index is -3.13. The van der Waals surface area contributed by atoms with Gasteiger partial charge in [-0.3, -0.25) is 4.90 Å². The van der Waals surface area contributed by atoms with Crippen LogP contribution in [0, 0.1) is 5.82 Å². The summed E-state index contributed by atoms with van der Waals surface area (Å²) in [6.07, 6.45) is 3.15. The van der Waals surface area contributed by atoms with Crippen LogP contribution in [0.25, 0.3) is 33.1 Å². The number of sulfonamides is 1. The zero-order valence-corrected chi connectivity index (χ0v) is 17.3. The molecule has 1 fully saturated rings. The maximum absolute atomic E-state index is 13.5. The SMILES string of the molecule is CS(=O)(=O)N1CCN(Cc2nc3ccc(-c4c[nH]c5cc(F)ccc45)cc3[nH]2)CC1. The molecule has 1 saturated heterocycles. The highest BCUT2D eigenvalue weighted by atomic mass is 32.2. The topological polar surface area (TPSA) is 85.1 Å². The molecule has 5 rings (SSSR count). The first-order valence-electron chi connectivity index (χ1n) is 9.80. The molecule has 156 valence electrons. The van der Waals surface area contributed by atoms with Crippen molar-refractivity contribution in [3.8, 4) is 11.1 Å². The van der Waals surface area contributed by atoms with Gasteiger partial charge in [0.1, 0.15) is 11.6 Å². The van der Waals surface area contributed by atoms with Gasteiger partial charge in [-0.15, -0.1) is 0 Å². The van der Waals surface area contributed by atoms with E-state index in [0.717, 1.165) is 38.9 Å². The van der Waals surface area contributed by atoms with Crippen molar-refractivity contribution in [2.75, 3.05) is 32.4 Å². The van der Waals surface area contributed by atoms with Gasteiger partial charge in [0.15, 0.2) is 0 Å². The lowest BCUT2D eigenvalue weighted by Crippen LogP contribution is -2.47. The van der Waals surface area contributed by atoms with Crippen LogP contribution in [0.3, 0.4) is 0 Å². The highest BCUT2D eigenvalue weighted by Gasteiger charge is 2.23. The molecular weight excluding hydrogens is 405 g/mol. The zero-order chi connectivity index (χ0) is 20.9. The number of H-pyrrole nitrogens is 2. The number of nitrogens with one attached hydrogen (secondary N) is 2. The van der Waals surface area contributed by atoms with Crippen molar-refractivity contribution in [2.24, 2.45) is 0 Å². The van der Waals surface area contributed by atoms with Gasteiger partial charge in [0.2, 0.25) is 10.0 Å². The molecule has 4 aromatic rings. The van der Waals surface area contributed by atoms with Gasteiger partial charge in [-0.1, -0.05) is 6.07 Å². The van der Waals surface area contributed by atoms with Crippen molar-refractivity contribution in [3.63, 3.8) is 0 Å². The fourth-order valence-corrected chi connectivity index (χ4v) is 4.90. The molecule has 2 N–H and O–H groups in total. The maximum Gasteiger partial charge on any atom is 0.211 e. The first-order valence-corrected chi connectivity index (χ1v) is 11.6. The average molecular weight is 428 g/mol. The van der Waals surface area contributed by atoms with E-state index in [0.29, 0.717) is 32.7 Å². The second-order valence-electron chi connectivity index (χ2n) is 7.75. The molecule has 0 spiro atoms. The molecule has 2 aromatic carbocycles. The Morgan fingerprint density at radius 1 is 1.07 bits per heavy atom. The molecule has 7 nitrogen and oxygen atoms in total. The smallest absolute Gasteiger partial charge is 0.211 e. The minimum absolute atomic E-state index is 0.262. The Bertz CT molecular complexity index is 1340. The van der Waals surface area contributed by atoms with Gasteiger partial charge in [0.05, 0.1) is 23.8 Å². The summed E-state index contributed by atoms with van der Waals surface area (Å²) >= 11 is 0. The quantitative estimate of drug-likeness (QED) is 0.524. The Morgan fingerprint density at radius 2 is 1.87 bits per heavy atom. The number of rotatable bonds is 4. The number of halogens is 1. The Balaban J connectivity index is 1.37. The highest BCUT2D eigenvalue weighted by Crippen LogP contribution is 2.30. The van der Waals surface area contributed by atoms with E-state index >= 15 is 0 Å². The second kappa shape index (κ2) is 7.19. The Hall–Kier alpha value is -2.75. The number of piperazine rings is 1. The molecule has 0 amide bonds. The van der Waals surface area contributed by atoms with Gasteiger partial charge in [-0.25, -0.2) is 17.8 Å². The fourth-order valence-electron chi connectivity index (χ4n) is 4.07. The Morgan fingerprint density at radius 3 is 2.63 bits per heavy atom. The van der Waals surface area contributed by atoms with Crippen molar-refractivity contribution in [1.82, 2.24) is 24.2 Å². The van der Waals surface area contributed by atoms with E-state index < -0.39 is 10.0 Å². The largest absolute Gasteiger partial charge is 0.360 e. The summed E-state index contributed by atoms with van der Waals surface area (Å²) in [5, 5.41) is 0.972. The molecule has 3 heterocycles. The van der Waals surface area contributed by atoms with Crippen LogP contribution in [0.15, 0.2) is 42.6 Å². The van der Waals surface area contributed by atoms with E-state index in [1.807, 2.05) is 18.3 Å². The van der Waals surface area contributed by atoms with Crippen molar-refractivity contribution in [2.45, 2.75) is 6.54 Å². The maximum atomic E-state index is 13.5. The normalized spacial score (nSPS) is 16.6. The first kappa shape index (κ1) is 19.2. The summed E-state index contributed by atoms with van der Waals surface area (Å²) in [7, 11) is -3.13. The molecule has 30 heavy (non-hydrogen) atoms. The predicted octanol–water partition coefficient (Wildman–Crippen LogP) is 2.93. The van der Waals surface area contributed by atoms with Crippen molar-refractivity contribution >= 4 is 32.0 Å². The number of fused-ring (bicyclic) bond motifs is 2. The summed E-state index contributed by atoms with van der Waals surface area (Å²) in [4.78, 5) is 13.4. The van der Waals surface area contributed by atoms with E-state index in [1.165, 1.54) is 22.7 Å². The zero-order valence-electron chi connectivity index (χ0n) is 16.5. The van der Waals surface area contributed by atoms with Crippen LogP contribution in [0.2, 0.25) is 0 Å². The van der Waals surface area contributed by atoms with Crippen molar-refractivity contribution in [1.29, 1.82) is 0 Å². The van der Waals surface area contributed by atoms with Gasteiger partial charge >= 0.3 is 0 Å². The third-order valence-corrected chi connectivity index (χ3v) is 6.96. The Kier molecular flexibility index (Phi) is 4.61. The lowest BCUT2D eigenvalue weighted by atomic mass is 10.0. The molecule has 9 heteroatoms. The summed E-state index contributed by atoms with van der Waals surface area (Å²) < 4.78 is 38.3. The van der Waals surface area contributed by atoms with Gasteiger partial charge in [-0.05, 0) is 35.9 Å².